The Hall–Kier alpha value is -1.49. The van der Waals surface area contributed by atoms with Crippen LogP contribution in [0.1, 0.15) is 5.56 Å². The zero-order valence-electron chi connectivity index (χ0n) is 8.73. The highest BCUT2D eigenvalue weighted by Crippen LogP contribution is 2.23. The van der Waals surface area contributed by atoms with Crippen molar-refractivity contribution in [2.24, 2.45) is 0 Å². The van der Waals surface area contributed by atoms with Crippen molar-refractivity contribution in [3.8, 4) is 5.75 Å². The Morgan fingerprint density at radius 3 is 2.50 bits per heavy atom. The van der Waals surface area contributed by atoms with Gasteiger partial charge in [0, 0.05) is 0 Å². The van der Waals surface area contributed by atoms with Crippen molar-refractivity contribution in [2.45, 2.75) is 11.7 Å². The number of imide groups is 1. The summed E-state index contributed by atoms with van der Waals surface area (Å²) in [6.07, 6.45) is 0.562. The summed E-state index contributed by atoms with van der Waals surface area (Å²) in [4.78, 5) is 22.3. The fourth-order valence-electron chi connectivity index (χ4n) is 1.50. The molecular formula is C11H11NO3S. The van der Waals surface area contributed by atoms with E-state index in [-0.39, 0.29) is 16.4 Å². The Morgan fingerprint density at radius 2 is 2.00 bits per heavy atom. The molecule has 1 aliphatic rings. The standard InChI is InChI=1S/C11H11NO3S/c1-15-8-4-2-7(3-5-8)6-9-10(13)12-11(14)16-9/h2-5,9H,6H2,1H3,(H,12,13,14)/t9-/m0/s1. The lowest BCUT2D eigenvalue weighted by Gasteiger charge is -2.06. The molecule has 1 aromatic rings. The minimum atomic E-state index is -0.305. The lowest BCUT2D eigenvalue weighted by atomic mass is 10.1. The lowest BCUT2D eigenvalue weighted by molar-refractivity contribution is -0.118. The number of carbonyl (C=O) groups is 2. The molecule has 1 fully saturated rings. The van der Waals surface area contributed by atoms with Gasteiger partial charge < -0.3 is 4.74 Å². The number of amides is 2. The maximum absolute atomic E-state index is 11.3. The molecule has 0 bridgehead atoms. The van der Waals surface area contributed by atoms with Crippen molar-refractivity contribution in [1.29, 1.82) is 0 Å². The average molecular weight is 237 g/mol. The van der Waals surface area contributed by atoms with Gasteiger partial charge in [-0.2, -0.15) is 0 Å². The van der Waals surface area contributed by atoms with Gasteiger partial charge in [0.1, 0.15) is 5.75 Å². The van der Waals surface area contributed by atoms with Gasteiger partial charge in [0.25, 0.3) is 5.24 Å². The third kappa shape index (κ3) is 2.36. The van der Waals surface area contributed by atoms with Gasteiger partial charge in [0.2, 0.25) is 5.91 Å². The molecular weight excluding hydrogens is 226 g/mol. The second kappa shape index (κ2) is 4.57. The van der Waals surface area contributed by atoms with Crippen LogP contribution in [-0.2, 0) is 11.2 Å². The highest BCUT2D eigenvalue weighted by Gasteiger charge is 2.31. The van der Waals surface area contributed by atoms with Gasteiger partial charge in [-0.05, 0) is 24.1 Å². The number of nitrogens with one attached hydrogen (secondary N) is 1. The lowest BCUT2D eigenvalue weighted by Crippen LogP contribution is -2.25. The van der Waals surface area contributed by atoms with E-state index in [1.807, 2.05) is 24.3 Å². The first-order valence-corrected chi connectivity index (χ1v) is 5.71. The molecule has 0 spiro atoms. The molecule has 2 amide bonds. The van der Waals surface area contributed by atoms with E-state index in [4.69, 9.17) is 4.74 Å². The Morgan fingerprint density at radius 1 is 1.31 bits per heavy atom. The van der Waals surface area contributed by atoms with Crippen molar-refractivity contribution in [3.05, 3.63) is 29.8 Å². The summed E-state index contributed by atoms with van der Waals surface area (Å²) < 4.78 is 5.04. The van der Waals surface area contributed by atoms with Crippen molar-refractivity contribution < 1.29 is 14.3 Å². The average Bonchev–Trinajstić information content (AvgIpc) is 2.59. The Balaban J connectivity index is 2.03. The molecule has 1 N–H and O–H groups in total. The third-order valence-corrected chi connectivity index (χ3v) is 3.33. The first-order chi connectivity index (χ1) is 7.69. The van der Waals surface area contributed by atoms with E-state index in [1.54, 1.807) is 7.11 Å². The Labute approximate surface area is 97.4 Å². The van der Waals surface area contributed by atoms with Gasteiger partial charge in [-0.1, -0.05) is 23.9 Å². The molecule has 84 valence electrons. The van der Waals surface area contributed by atoms with E-state index in [1.165, 1.54) is 0 Å². The van der Waals surface area contributed by atoms with E-state index < -0.39 is 0 Å². The van der Waals surface area contributed by atoms with Crippen molar-refractivity contribution in [3.63, 3.8) is 0 Å². The smallest absolute Gasteiger partial charge is 0.286 e. The number of hydrogen-bond acceptors (Lipinski definition) is 4. The summed E-state index contributed by atoms with van der Waals surface area (Å²) in [7, 11) is 1.61. The number of hydrogen-bond donors (Lipinski definition) is 1. The molecule has 1 atom stereocenters. The molecule has 0 aliphatic carbocycles. The van der Waals surface area contributed by atoms with Gasteiger partial charge in [-0.15, -0.1) is 0 Å². The predicted octanol–water partition coefficient (Wildman–Crippen LogP) is 1.59. The largest absolute Gasteiger partial charge is 0.497 e. The van der Waals surface area contributed by atoms with Crippen LogP contribution in [0.4, 0.5) is 4.79 Å². The van der Waals surface area contributed by atoms with Crippen LogP contribution in [0.5, 0.6) is 5.75 Å². The minimum absolute atomic E-state index is 0.203. The van der Waals surface area contributed by atoms with Crippen LogP contribution in [0.2, 0.25) is 0 Å². The van der Waals surface area contributed by atoms with Crippen LogP contribution in [0, 0.1) is 0 Å². The van der Waals surface area contributed by atoms with Crippen LogP contribution in [0.3, 0.4) is 0 Å². The fraction of sp³-hybridized carbons (Fsp3) is 0.273. The van der Waals surface area contributed by atoms with Crippen molar-refractivity contribution in [2.75, 3.05) is 7.11 Å². The molecule has 0 unspecified atom stereocenters. The molecule has 16 heavy (non-hydrogen) atoms. The van der Waals surface area contributed by atoms with Gasteiger partial charge in [-0.25, -0.2) is 0 Å². The summed E-state index contributed by atoms with van der Waals surface area (Å²) in [5, 5.41) is 1.70. The summed E-state index contributed by atoms with van der Waals surface area (Å²) >= 11 is 1.05. The van der Waals surface area contributed by atoms with E-state index in [0.717, 1.165) is 23.1 Å². The Kier molecular flexibility index (Phi) is 3.14. The predicted molar refractivity (Wildman–Crippen MR) is 61.6 cm³/mol. The van der Waals surface area contributed by atoms with Crippen molar-refractivity contribution in [1.82, 2.24) is 5.32 Å². The van der Waals surface area contributed by atoms with Gasteiger partial charge >= 0.3 is 0 Å². The second-order valence-electron chi connectivity index (χ2n) is 3.44. The van der Waals surface area contributed by atoms with Crippen LogP contribution in [0.15, 0.2) is 24.3 Å². The highest BCUT2D eigenvalue weighted by molar-refractivity contribution is 8.15. The monoisotopic (exact) mass is 237 g/mol. The quantitative estimate of drug-likeness (QED) is 0.867. The van der Waals surface area contributed by atoms with E-state index >= 15 is 0 Å². The zero-order chi connectivity index (χ0) is 11.5. The normalized spacial score (nSPS) is 19.7. The van der Waals surface area contributed by atoms with E-state index in [0.29, 0.717) is 6.42 Å². The first kappa shape index (κ1) is 11.0. The SMILES string of the molecule is COc1ccc(C[C@@H]2SC(=O)NC2=O)cc1. The van der Waals surface area contributed by atoms with Gasteiger partial charge in [-0.3, -0.25) is 14.9 Å². The molecule has 0 radical (unpaired) electrons. The summed E-state index contributed by atoms with van der Waals surface area (Å²) in [6.45, 7) is 0. The molecule has 0 saturated carbocycles. The second-order valence-corrected chi connectivity index (χ2v) is 4.61. The van der Waals surface area contributed by atoms with Crippen LogP contribution >= 0.6 is 11.8 Å². The molecule has 1 heterocycles. The van der Waals surface area contributed by atoms with Gasteiger partial charge in [0.05, 0.1) is 12.4 Å². The number of methoxy groups -OCH3 is 1. The highest BCUT2D eigenvalue weighted by atomic mass is 32.2. The zero-order valence-corrected chi connectivity index (χ0v) is 9.54. The maximum atomic E-state index is 11.3. The fourth-order valence-corrected chi connectivity index (χ4v) is 2.36. The number of rotatable bonds is 3. The summed E-state index contributed by atoms with van der Waals surface area (Å²) in [6, 6.07) is 7.48. The van der Waals surface area contributed by atoms with Crippen LogP contribution < -0.4 is 10.1 Å². The molecule has 1 saturated heterocycles. The third-order valence-electron chi connectivity index (χ3n) is 2.35. The van der Waals surface area contributed by atoms with Crippen LogP contribution in [0.25, 0.3) is 0 Å². The molecule has 1 aromatic carbocycles. The molecule has 0 aromatic heterocycles. The number of thioether (sulfide) groups is 1. The molecule has 5 heteroatoms. The number of carbonyl (C=O) groups excluding carboxylic acids is 2. The molecule has 2 rings (SSSR count). The number of benzene rings is 1. The molecule has 1 aliphatic heterocycles. The van der Waals surface area contributed by atoms with E-state index in [9.17, 15) is 9.59 Å². The molecule has 4 nitrogen and oxygen atoms in total. The Bertz CT molecular complexity index is 416. The van der Waals surface area contributed by atoms with Gasteiger partial charge in [0.15, 0.2) is 0 Å². The van der Waals surface area contributed by atoms with Crippen LogP contribution in [-0.4, -0.2) is 23.5 Å². The topological polar surface area (TPSA) is 55.4 Å². The minimum Gasteiger partial charge on any atom is -0.497 e. The van der Waals surface area contributed by atoms with Crippen molar-refractivity contribution >= 4 is 22.9 Å². The summed E-state index contributed by atoms with van der Waals surface area (Å²) in [5.74, 6) is 0.578. The summed E-state index contributed by atoms with van der Waals surface area (Å²) in [5.41, 5.74) is 1.02. The maximum Gasteiger partial charge on any atom is 0.286 e. The first-order valence-electron chi connectivity index (χ1n) is 4.83. The van der Waals surface area contributed by atoms with E-state index in [2.05, 4.69) is 5.32 Å². The number of ether oxygens (including phenoxy) is 1.